The number of methoxy groups -OCH3 is 1. The Balaban J connectivity index is 1.62. The zero-order valence-electron chi connectivity index (χ0n) is 16.7. The van der Waals surface area contributed by atoms with Gasteiger partial charge in [0.05, 0.1) is 25.8 Å². The Bertz CT molecular complexity index is 810. The topological polar surface area (TPSA) is 108 Å². The van der Waals surface area contributed by atoms with Crippen LogP contribution < -0.4 is 10.5 Å². The van der Waals surface area contributed by atoms with Crippen LogP contribution in [0.5, 0.6) is 5.75 Å². The number of tetrazole rings is 1. The fraction of sp³-hybridized carbons (Fsp3) is 0.600. The molecule has 9 nitrogen and oxygen atoms in total. The molecule has 2 aromatic rings. The summed E-state index contributed by atoms with van der Waals surface area (Å²) >= 11 is 0. The summed E-state index contributed by atoms with van der Waals surface area (Å²) in [7, 11) is 1.66. The normalized spacial score (nSPS) is 21.9. The summed E-state index contributed by atoms with van der Waals surface area (Å²) in [4.78, 5) is 13.9. The number of likely N-dealkylation sites (tertiary alicyclic amines) is 1. The van der Waals surface area contributed by atoms with Crippen LogP contribution in [0, 0.1) is 5.92 Å². The number of ether oxygens (including phenoxy) is 2. The first-order valence-electron chi connectivity index (χ1n) is 10.2. The Morgan fingerprint density at radius 2 is 2.03 bits per heavy atom. The number of hydrogen-bond acceptors (Lipinski definition) is 7. The number of aromatic nitrogens is 4. The Labute approximate surface area is 170 Å². The van der Waals surface area contributed by atoms with Gasteiger partial charge in [0.2, 0.25) is 5.91 Å². The van der Waals surface area contributed by atoms with Crippen molar-refractivity contribution >= 4 is 5.91 Å². The zero-order valence-corrected chi connectivity index (χ0v) is 16.7. The molecule has 1 amide bonds. The summed E-state index contributed by atoms with van der Waals surface area (Å²) in [6.07, 6.45) is 3.74. The van der Waals surface area contributed by atoms with E-state index in [1.54, 1.807) is 7.11 Å². The van der Waals surface area contributed by atoms with Gasteiger partial charge in [-0.1, -0.05) is 12.1 Å². The van der Waals surface area contributed by atoms with Gasteiger partial charge in [-0.05, 0) is 66.9 Å². The van der Waals surface area contributed by atoms with E-state index < -0.39 is 0 Å². The summed E-state index contributed by atoms with van der Waals surface area (Å²) < 4.78 is 13.0. The van der Waals surface area contributed by atoms with Gasteiger partial charge in [-0.2, -0.15) is 0 Å². The highest BCUT2D eigenvalue weighted by Crippen LogP contribution is 2.32. The highest BCUT2D eigenvalue weighted by Gasteiger charge is 2.33. The number of amides is 1. The quantitative estimate of drug-likeness (QED) is 0.742. The second-order valence-corrected chi connectivity index (χ2v) is 7.74. The minimum Gasteiger partial charge on any atom is -0.497 e. The maximum Gasteiger partial charge on any atom is 0.220 e. The van der Waals surface area contributed by atoms with Gasteiger partial charge in [-0.25, -0.2) is 4.68 Å². The molecule has 0 spiro atoms. The van der Waals surface area contributed by atoms with Crippen molar-refractivity contribution in [3.05, 3.63) is 35.7 Å². The molecule has 2 atom stereocenters. The molecular formula is C20H28N6O3. The molecule has 3 heterocycles. The van der Waals surface area contributed by atoms with Crippen LogP contribution in [-0.4, -0.2) is 63.9 Å². The lowest BCUT2D eigenvalue weighted by Gasteiger charge is -2.36. The van der Waals surface area contributed by atoms with Gasteiger partial charge in [0.25, 0.3) is 0 Å². The molecule has 9 heteroatoms. The predicted molar refractivity (Wildman–Crippen MR) is 105 cm³/mol. The lowest BCUT2D eigenvalue weighted by molar-refractivity contribution is -0.123. The van der Waals surface area contributed by atoms with Crippen molar-refractivity contribution in [1.29, 1.82) is 0 Å². The van der Waals surface area contributed by atoms with E-state index in [2.05, 4.69) is 32.6 Å². The van der Waals surface area contributed by atoms with Crippen molar-refractivity contribution in [3.63, 3.8) is 0 Å². The van der Waals surface area contributed by atoms with Crippen LogP contribution in [0.2, 0.25) is 0 Å². The van der Waals surface area contributed by atoms with E-state index in [4.69, 9.17) is 15.2 Å². The van der Waals surface area contributed by atoms with Gasteiger partial charge in [-0.3, -0.25) is 9.69 Å². The van der Waals surface area contributed by atoms with Gasteiger partial charge in [0.15, 0.2) is 5.82 Å². The van der Waals surface area contributed by atoms with Crippen LogP contribution >= 0.6 is 0 Å². The van der Waals surface area contributed by atoms with Crippen LogP contribution in [-0.2, 0) is 16.1 Å². The molecule has 29 heavy (non-hydrogen) atoms. The Kier molecular flexibility index (Phi) is 6.05. The number of carbonyl (C=O) groups is 1. The van der Waals surface area contributed by atoms with Gasteiger partial charge in [0, 0.05) is 12.5 Å². The summed E-state index contributed by atoms with van der Waals surface area (Å²) in [5.41, 5.74) is 6.61. The molecule has 0 unspecified atom stereocenters. The number of nitrogens with two attached hydrogens (primary N) is 1. The third-order valence-electron chi connectivity index (χ3n) is 5.93. The van der Waals surface area contributed by atoms with Crippen molar-refractivity contribution < 1.29 is 14.3 Å². The lowest BCUT2D eigenvalue weighted by Crippen LogP contribution is -2.41. The highest BCUT2D eigenvalue weighted by atomic mass is 16.5. The minimum atomic E-state index is -0.214. The Morgan fingerprint density at radius 3 is 2.66 bits per heavy atom. The van der Waals surface area contributed by atoms with Crippen molar-refractivity contribution in [1.82, 2.24) is 25.1 Å². The van der Waals surface area contributed by atoms with Crippen molar-refractivity contribution in [3.8, 4) is 5.75 Å². The standard InChI is InChI=1S/C20H28N6O3/c1-28-16-6-4-14(5-7-16)18(25-10-8-15(9-11-25)19(21)27)20-22-23-24-26(20)13-17-3-2-12-29-17/h4-7,15,17-18H,2-3,8-13H2,1H3,(H2,21,27)/t17-,18+/m0/s1. The summed E-state index contributed by atoms with van der Waals surface area (Å²) in [5, 5.41) is 12.6. The van der Waals surface area contributed by atoms with E-state index in [0.29, 0.717) is 6.54 Å². The maximum atomic E-state index is 11.6. The second-order valence-electron chi connectivity index (χ2n) is 7.74. The number of hydrogen-bond donors (Lipinski definition) is 1. The first kappa shape index (κ1) is 19.8. The maximum absolute atomic E-state index is 11.6. The lowest BCUT2D eigenvalue weighted by atomic mass is 9.93. The first-order valence-corrected chi connectivity index (χ1v) is 10.2. The molecule has 0 saturated carbocycles. The second kappa shape index (κ2) is 8.87. The SMILES string of the molecule is COc1ccc([C@H](c2nnnn2C[C@@H]2CCCO2)N2CCC(C(N)=O)CC2)cc1. The highest BCUT2D eigenvalue weighted by molar-refractivity contribution is 5.76. The number of benzene rings is 1. The molecule has 4 rings (SSSR count). The average Bonchev–Trinajstić information content (AvgIpc) is 3.42. The van der Waals surface area contributed by atoms with Gasteiger partial charge in [0.1, 0.15) is 5.75 Å². The monoisotopic (exact) mass is 400 g/mol. The predicted octanol–water partition coefficient (Wildman–Crippen LogP) is 1.15. The third kappa shape index (κ3) is 4.40. The van der Waals surface area contributed by atoms with E-state index in [0.717, 1.165) is 62.5 Å². The Morgan fingerprint density at radius 1 is 1.28 bits per heavy atom. The molecule has 2 N–H and O–H groups in total. The van der Waals surface area contributed by atoms with Crippen LogP contribution in [0.1, 0.15) is 43.1 Å². The van der Waals surface area contributed by atoms with Crippen LogP contribution in [0.3, 0.4) is 0 Å². The van der Waals surface area contributed by atoms with Crippen LogP contribution in [0.4, 0.5) is 0 Å². The molecule has 2 fully saturated rings. The molecule has 2 aliphatic rings. The van der Waals surface area contributed by atoms with Crippen molar-refractivity contribution in [2.24, 2.45) is 11.7 Å². The van der Waals surface area contributed by atoms with Gasteiger partial charge < -0.3 is 15.2 Å². The first-order chi connectivity index (χ1) is 14.2. The van der Waals surface area contributed by atoms with Crippen molar-refractivity contribution in [2.45, 2.75) is 44.4 Å². The Hall–Kier alpha value is -2.52. The van der Waals surface area contributed by atoms with E-state index in [-0.39, 0.29) is 24.0 Å². The summed E-state index contributed by atoms with van der Waals surface area (Å²) in [6.45, 7) is 2.96. The van der Waals surface area contributed by atoms with Crippen LogP contribution in [0.15, 0.2) is 24.3 Å². The molecule has 2 saturated heterocycles. The third-order valence-corrected chi connectivity index (χ3v) is 5.93. The average molecular weight is 400 g/mol. The fourth-order valence-corrected chi connectivity index (χ4v) is 4.27. The minimum absolute atomic E-state index is 0.0642. The van der Waals surface area contributed by atoms with Gasteiger partial charge >= 0.3 is 0 Å². The molecule has 0 radical (unpaired) electrons. The smallest absolute Gasteiger partial charge is 0.220 e. The molecule has 0 bridgehead atoms. The fourth-order valence-electron chi connectivity index (χ4n) is 4.27. The number of piperidine rings is 1. The summed E-state index contributed by atoms with van der Waals surface area (Å²) in [6, 6.07) is 7.90. The zero-order chi connectivity index (χ0) is 20.2. The van der Waals surface area contributed by atoms with Crippen molar-refractivity contribution in [2.75, 3.05) is 26.8 Å². The molecule has 156 valence electrons. The molecule has 1 aromatic heterocycles. The number of rotatable bonds is 7. The molecular weight excluding hydrogens is 372 g/mol. The van der Waals surface area contributed by atoms with E-state index in [9.17, 15) is 4.79 Å². The van der Waals surface area contributed by atoms with E-state index in [1.807, 2.05) is 16.8 Å². The number of nitrogens with zero attached hydrogens (tertiary/aromatic N) is 5. The molecule has 0 aliphatic carbocycles. The summed E-state index contributed by atoms with van der Waals surface area (Å²) in [5.74, 6) is 1.32. The van der Waals surface area contributed by atoms with E-state index >= 15 is 0 Å². The number of primary amides is 1. The molecule has 1 aromatic carbocycles. The molecule has 2 aliphatic heterocycles. The van der Waals surface area contributed by atoms with Crippen LogP contribution in [0.25, 0.3) is 0 Å². The number of carbonyl (C=O) groups excluding carboxylic acids is 1. The van der Waals surface area contributed by atoms with Gasteiger partial charge in [-0.15, -0.1) is 5.10 Å². The van der Waals surface area contributed by atoms with E-state index in [1.165, 1.54) is 0 Å². The largest absolute Gasteiger partial charge is 0.497 e.